The molecule has 3 atom stereocenters. The van der Waals surface area contributed by atoms with E-state index in [0.717, 1.165) is 31.0 Å². The van der Waals surface area contributed by atoms with Gasteiger partial charge in [-0.25, -0.2) is 6.61 Å². The van der Waals surface area contributed by atoms with E-state index in [0.29, 0.717) is 12.6 Å². The minimum absolute atomic E-state index is 0. The van der Waals surface area contributed by atoms with Crippen LogP contribution < -0.4 is 5.32 Å². The van der Waals surface area contributed by atoms with E-state index in [1.54, 1.807) is 0 Å². The first kappa shape index (κ1) is 18.3. The van der Waals surface area contributed by atoms with E-state index in [-0.39, 0.29) is 42.0 Å². The van der Waals surface area contributed by atoms with Crippen molar-refractivity contribution in [2.24, 2.45) is 10.9 Å². The molecule has 0 aromatic rings. The summed E-state index contributed by atoms with van der Waals surface area (Å²) in [5, 5.41) is 3.61. The van der Waals surface area contributed by atoms with Gasteiger partial charge in [0.15, 0.2) is 0 Å². The summed E-state index contributed by atoms with van der Waals surface area (Å²) in [4.78, 5) is 7.27. The van der Waals surface area contributed by atoms with E-state index in [2.05, 4.69) is 61.5 Å². The molecule has 0 aromatic carbocycles. The minimum Gasteiger partial charge on any atom is -0.552 e. The number of amidine groups is 1. The first-order chi connectivity index (χ1) is 10.3. The van der Waals surface area contributed by atoms with Gasteiger partial charge in [-0.3, -0.25) is 4.99 Å². The molecule has 0 amide bonds. The van der Waals surface area contributed by atoms with Crippen molar-refractivity contribution >= 4 is 21.8 Å². The Labute approximate surface area is 164 Å². The van der Waals surface area contributed by atoms with Crippen LogP contribution in [0, 0.1) is 43.6 Å². The summed E-state index contributed by atoms with van der Waals surface area (Å²) >= 11 is 3.70. The largest absolute Gasteiger partial charge is 0.552 e. The Hall–Kier alpha value is -0.0181. The van der Waals surface area contributed by atoms with Gasteiger partial charge in [0.25, 0.3) is 0 Å². The average Bonchev–Trinajstić information content (AvgIpc) is 2.88. The van der Waals surface area contributed by atoms with Crippen molar-refractivity contribution in [1.82, 2.24) is 10.2 Å². The van der Waals surface area contributed by atoms with E-state index in [4.69, 9.17) is 4.74 Å². The monoisotopic (exact) mass is 588 g/mol. The zero-order valence-corrected chi connectivity index (χ0v) is 18.5. The van der Waals surface area contributed by atoms with E-state index >= 15 is 0 Å². The summed E-state index contributed by atoms with van der Waals surface area (Å²) in [6, 6.07) is 0.339. The van der Waals surface area contributed by atoms with Crippen molar-refractivity contribution in [2.75, 3.05) is 19.7 Å². The fourth-order valence-corrected chi connectivity index (χ4v) is 3.30. The standard InChI is InChI=1S/C16H21BrN3O.U/c1-2-21-11-12-8-14(19-13-6-4-3-5-7-13)16-18-9-15(17)20(16)10-12;/h3-6,8,11-13,15,19H,2,7,9-10H2,1H3;/q-1;. The van der Waals surface area contributed by atoms with E-state index in [1.165, 1.54) is 0 Å². The topological polar surface area (TPSA) is 36.9 Å². The quantitative estimate of drug-likeness (QED) is 0.305. The zero-order valence-electron chi connectivity index (χ0n) is 12.7. The van der Waals surface area contributed by atoms with Crippen LogP contribution >= 0.6 is 15.9 Å². The first-order valence-electron chi connectivity index (χ1n) is 7.50. The second-order valence-electron chi connectivity index (χ2n) is 5.39. The van der Waals surface area contributed by atoms with Gasteiger partial charge >= 0.3 is 0 Å². The van der Waals surface area contributed by atoms with E-state index in [9.17, 15) is 0 Å². The van der Waals surface area contributed by atoms with Crippen LogP contribution in [0.3, 0.4) is 0 Å². The van der Waals surface area contributed by atoms with Crippen molar-refractivity contribution in [1.29, 1.82) is 0 Å². The molecule has 0 saturated carbocycles. The van der Waals surface area contributed by atoms with Gasteiger partial charge in [0.2, 0.25) is 0 Å². The first-order valence-corrected chi connectivity index (χ1v) is 8.41. The van der Waals surface area contributed by atoms with Crippen molar-refractivity contribution < 1.29 is 35.9 Å². The van der Waals surface area contributed by atoms with Crippen LogP contribution in [0.5, 0.6) is 0 Å². The van der Waals surface area contributed by atoms with E-state index < -0.39 is 0 Å². The number of hydrogen-bond donors (Lipinski definition) is 1. The molecule has 0 spiro atoms. The van der Waals surface area contributed by atoms with Crippen LogP contribution in [0.2, 0.25) is 0 Å². The van der Waals surface area contributed by atoms with Crippen LogP contribution in [0.25, 0.3) is 0 Å². The normalized spacial score (nSPS) is 29.5. The van der Waals surface area contributed by atoms with Crippen LogP contribution in [-0.4, -0.2) is 41.4 Å². The number of halogens is 1. The van der Waals surface area contributed by atoms with Gasteiger partial charge in [0, 0.05) is 50.3 Å². The third-order valence-electron chi connectivity index (χ3n) is 3.79. The summed E-state index contributed by atoms with van der Waals surface area (Å²) in [6.07, 6.45) is 11.8. The molecule has 0 saturated heterocycles. The Morgan fingerprint density at radius 2 is 2.36 bits per heavy atom. The van der Waals surface area contributed by atoms with Gasteiger partial charge in [0.1, 0.15) is 10.8 Å². The number of nitrogens with zero attached hydrogens (tertiary/aromatic N) is 2. The summed E-state index contributed by atoms with van der Waals surface area (Å²) in [7, 11) is 0. The maximum Gasteiger partial charge on any atom is 0.147 e. The van der Waals surface area contributed by atoms with Gasteiger partial charge < -0.3 is 15.0 Å². The zero-order chi connectivity index (χ0) is 14.7. The smallest absolute Gasteiger partial charge is 0.147 e. The molecule has 3 rings (SSSR count). The number of allylic oxidation sites excluding steroid dienone is 2. The van der Waals surface area contributed by atoms with Gasteiger partial charge in [0.05, 0.1) is 12.2 Å². The predicted molar refractivity (Wildman–Crippen MR) is 89.0 cm³/mol. The number of aliphatic imine (C=N–C) groups is 1. The van der Waals surface area contributed by atoms with Gasteiger partial charge in [-0.2, -0.15) is 0 Å². The number of hydrogen-bond acceptors (Lipinski definition) is 4. The number of fused-ring (bicyclic) bond motifs is 1. The SMILES string of the molecule is CCO[CH-]C1C=C(NC2C=CC=CC2)C2=NCC(Br)N2C1.[U]. The van der Waals surface area contributed by atoms with Gasteiger partial charge in [-0.15, -0.1) is 5.92 Å². The molecule has 0 fully saturated rings. The van der Waals surface area contributed by atoms with Crippen molar-refractivity contribution in [3.8, 4) is 0 Å². The van der Waals surface area contributed by atoms with Crippen LogP contribution in [0.1, 0.15) is 13.3 Å². The maximum atomic E-state index is 5.49. The van der Waals surface area contributed by atoms with Crippen LogP contribution in [0.15, 0.2) is 41.1 Å². The summed E-state index contributed by atoms with van der Waals surface area (Å²) in [5.41, 5.74) is 1.12. The number of alkyl halides is 1. The maximum absolute atomic E-state index is 5.49. The fourth-order valence-electron chi connectivity index (χ4n) is 2.80. The molecule has 2 aliphatic heterocycles. The Morgan fingerprint density at radius 3 is 3.09 bits per heavy atom. The molecule has 3 aliphatic rings. The van der Waals surface area contributed by atoms with Crippen LogP contribution in [-0.2, 0) is 4.74 Å². The molecular formula is C16H21BrN3OU-. The number of nitrogens with one attached hydrogen (secondary N) is 1. The van der Waals surface area contributed by atoms with Crippen LogP contribution in [0.4, 0.5) is 0 Å². The third kappa shape index (κ3) is 4.29. The molecule has 4 nitrogen and oxygen atoms in total. The van der Waals surface area contributed by atoms with Gasteiger partial charge in [-0.1, -0.05) is 46.3 Å². The molecular weight excluding hydrogens is 568 g/mol. The molecule has 1 aliphatic carbocycles. The van der Waals surface area contributed by atoms with Gasteiger partial charge in [-0.05, 0) is 13.3 Å². The van der Waals surface area contributed by atoms with Crippen molar-refractivity contribution in [3.05, 3.63) is 42.7 Å². The molecule has 6 heteroatoms. The summed E-state index contributed by atoms with van der Waals surface area (Å²) < 4.78 is 5.49. The molecule has 0 radical (unpaired) electrons. The Balaban J connectivity index is 0.00000176. The Kier molecular flexibility index (Phi) is 7.27. The number of ether oxygens (including phenoxy) is 1. The predicted octanol–water partition coefficient (Wildman–Crippen LogP) is 2.61. The molecule has 1 N–H and O–H groups in total. The summed E-state index contributed by atoms with van der Waals surface area (Å²) in [6.45, 7) is 6.38. The Bertz CT molecular complexity index is 504. The second-order valence-corrected chi connectivity index (χ2v) is 6.44. The fraction of sp³-hybridized carbons (Fsp3) is 0.500. The molecule has 22 heavy (non-hydrogen) atoms. The molecule has 2 heterocycles. The average molecular weight is 589 g/mol. The molecule has 0 aromatic heterocycles. The third-order valence-corrected chi connectivity index (χ3v) is 4.57. The molecule has 3 unspecified atom stereocenters. The Morgan fingerprint density at radius 1 is 1.50 bits per heavy atom. The van der Waals surface area contributed by atoms with Crippen molar-refractivity contribution in [2.45, 2.75) is 24.3 Å². The molecule has 0 bridgehead atoms. The number of rotatable bonds is 5. The second kappa shape index (κ2) is 8.73. The minimum atomic E-state index is 0. The van der Waals surface area contributed by atoms with Crippen molar-refractivity contribution in [3.63, 3.8) is 0 Å². The van der Waals surface area contributed by atoms with E-state index in [1.807, 2.05) is 13.5 Å². The summed E-state index contributed by atoms with van der Waals surface area (Å²) in [5.74, 6) is 1.36. The molecule has 118 valence electrons.